The van der Waals surface area contributed by atoms with E-state index in [1.807, 2.05) is 6.92 Å². The van der Waals surface area contributed by atoms with Crippen LogP contribution in [0.1, 0.15) is 39.5 Å². The van der Waals surface area contributed by atoms with Crippen LogP contribution in [0.15, 0.2) is 0 Å². The zero-order valence-electron chi connectivity index (χ0n) is 17.5. The second kappa shape index (κ2) is 14.7. The van der Waals surface area contributed by atoms with Crippen molar-refractivity contribution in [2.45, 2.75) is 63.7 Å². The van der Waals surface area contributed by atoms with E-state index in [4.69, 9.17) is 11.5 Å². The van der Waals surface area contributed by atoms with Crippen LogP contribution in [0.4, 0.5) is 0 Å². The maximum atomic E-state index is 12.3. The summed E-state index contributed by atoms with van der Waals surface area (Å²) in [6.07, 6.45) is 1.82. The molecule has 0 saturated heterocycles. The van der Waals surface area contributed by atoms with Gasteiger partial charge in [-0.1, -0.05) is 20.3 Å². The first-order chi connectivity index (χ1) is 14.1. The predicted molar refractivity (Wildman–Crippen MR) is 108 cm³/mol. The standard InChI is InChI=1S/C18H35N5O7/c1-3-10(2)14(20)17(28)23-13(9-25)16(27)22-12(8-24)15(26)21-11(18(29)30)6-4-5-7-19/h10-14,24-25H,3-9,19-20H2,1-2H3,(H,21,26)(H,22,27)(H,23,28)(H,29,30). The Morgan fingerprint density at radius 1 is 0.867 bits per heavy atom. The molecule has 0 aromatic carbocycles. The molecule has 0 aliphatic carbocycles. The second-order valence-electron chi connectivity index (χ2n) is 7.08. The lowest BCUT2D eigenvalue weighted by Gasteiger charge is -2.24. The number of carboxylic acids is 1. The Labute approximate surface area is 175 Å². The molecule has 174 valence electrons. The van der Waals surface area contributed by atoms with Crippen LogP contribution in [0.2, 0.25) is 0 Å². The van der Waals surface area contributed by atoms with Crippen LogP contribution in [0.25, 0.3) is 0 Å². The Hall–Kier alpha value is -2.28. The molecule has 0 aliphatic heterocycles. The minimum atomic E-state index is -1.47. The van der Waals surface area contributed by atoms with Gasteiger partial charge < -0.3 is 42.7 Å². The van der Waals surface area contributed by atoms with Gasteiger partial charge in [0.15, 0.2) is 0 Å². The third kappa shape index (κ3) is 9.48. The van der Waals surface area contributed by atoms with Crippen molar-refractivity contribution in [1.29, 1.82) is 0 Å². The van der Waals surface area contributed by atoms with Gasteiger partial charge in [-0.05, 0) is 31.7 Å². The van der Waals surface area contributed by atoms with Gasteiger partial charge in [0.1, 0.15) is 18.1 Å². The highest BCUT2D eigenvalue weighted by Gasteiger charge is 2.30. The molecule has 0 saturated carbocycles. The minimum Gasteiger partial charge on any atom is -0.480 e. The topological polar surface area (TPSA) is 217 Å². The number of carboxylic acid groups (broad SMARTS) is 1. The van der Waals surface area contributed by atoms with Crippen LogP contribution < -0.4 is 27.4 Å². The van der Waals surface area contributed by atoms with Crippen molar-refractivity contribution in [3.63, 3.8) is 0 Å². The molecule has 0 aliphatic rings. The van der Waals surface area contributed by atoms with E-state index in [-0.39, 0.29) is 12.3 Å². The fourth-order valence-corrected chi connectivity index (χ4v) is 2.46. The van der Waals surface area contributed by atoms with Gasteiger partial charge >= 0.3 is 5.97 Å². The molecule has 0 bridgehead atoms. The molecular formula is C18H35N5O7. The summed E-state index contributed by atoms with van der Waals surface area (Å²) in [6, 6.07) is -4.96. The first-order valence-electron chi connectivity index (χ1n) is 9.94. The summed E-state index contributed by atoms with van der Waals surface area (Å²) in [5.74, 6) is -3.90. The highest BCUT2D eigenvalue weighted by molar-refractivity contribution is 5.94. The molecule has 0 heterocycles. The summed E-state index contributed by atoms with van der Waals surface area (Å²) < 4.78 is 0. The molecule has 0 aromatic heterocycles. The number of unbranched alkanes of at least 4 members (excludes halogenated alkanes) is 1. The summed E-state index contributed by atoms with van der Waals surface area (Å²) in [5.41, 5.74) is 11.2. The molecule has 0 rings (SSSR count). The van der Waals surface area contributed by atoms with Crippen molar-refractivity contribution in [3.05, 3.63) is 0 Å². The molecule has 10 N–H and O–H groups in total. The van der Waals surface area contributed by atoms with Crippen molar-refractivity contribution in [1.82, 2.24) is 16.0 Å². The Balaban J connectivity index is 4.96. The molecule has 0 aromatic rings. The number of nitrogens with two attached hydrogens (primary N) is 2. The van der Waals surface area contributed by atoms with E-state index in [1.165, 1.54) is 0 Å². The van der Waals surface area contributed by atoms with Crippen LogP contribution in [0.3, 0.4) is 0 Å². The Morgan fingerprint density at radius 2 is 1.33 bits per heavy atom. The van der Waals surface area contributed by atoms with Gasteiger partial charge in [0.05, 0.1) is 19.3 Å². The van der Waals surface area contributed by atoms with Gasteiger partial charge in [-0.2, -0.15) is 0 Å². The molecule has 12 nitrogen and oxygen atoms in total. The molecule has 30 heavy (non-hydrogen) atoms. The predicted octanol–water partition coefficient (Wildman–Crippen LogP) is -2.99. The SMILES string of the molecule is CCC(C)C(N)C(=O)NC(CO)C(=O)NC(CO)C(=O)NC(CCCCN)C(=O)O. The van der Waals surface area contributed by atoms with Gasteiger partial charge in [0.25, 0.3) is 0 Å². The molecule has 12 heteroatoms. The van der Waals surface area contributed by atoms with E-state index < -0.39 is 61.1 Å². The van der Waals surface area contributed by atoms with Gasteiger partial charge in [-0.15, -0.1) is 0 Å². The summed E-state index contributed by atoms with van der Waals surface area (Å²) in [6.45, 7) is 2.41. The molecular weight excluding hydrogens is 398 g/mol. The molecule has 5 atom stereocenters. The molecule has 0 fully saturated rings. The maximum Gasteiger partial charge on any atom is 0.326 e. The van der Waals surface area contributed by atoms with Gasteiger partial charge in [-0.25, -0.2) is 4.79 Å². The Morgan fingerprint density at radius 3 is 1.73 bits per heavy atom. The van der Waals surface area contributed by atoms with Crippen LogP contribution in [-0.2, 0) is 19.2 Å². The van der Waals surface area contributed by atoms with Gasteiger partial charge in [-0.3, -0.25) is 14.4 Å². The number of carbonyl (C=O) groups is 4. The van der Waals surface area contributed by atoms with E-state index in [0.717, 1.165) is 0 Å². The lowest BCUT2D eigenvalue weighted by Crippen LogP contribution is -2.59. The highest BCUT2D eigenvalue weighted by atomic mass is 16.4. The van der Waals surface area contributed by atoms with E-state index in [1.54, 1.807) is 6.92 Å². The van der Waals surface area contributed by atoms with E-state index >= 15 is 0 Å². The number of hydrogen-bond donors (Lipinski definition) is 8. The number of carbonyl (C=O) groups excluding carboxylic acids is 3. The molecule has 3 amide bonds. The maximum absolute atomic E-state index is 12.3. The van der Waals surface area contributed by atoms with Crippen molar-refractivity contribution >= 4 is 23.7 Å². The number of aliphatic carboxylic acids is 1. The Kier molecular flexibility index (Phi) is 13.5. The van der Waals surface area contributed by atoms with Crippen LogP contribution in [0.5, 0.6) is 0 Å². The van der Waals surface area contributed by atoms with E-state index in [9.17, 15) is 34.5 Å². The second-order valence-corrected chi connectivity index (χ2v) is 7.08. The number of nitrogens with one attached hydrogen (secondary N) is 3. The van der Waals surface area contributed by atoms with E-state index in [2.05, 4.69) is 16.0 Å². The zero-order chi connectivity index (χ0) is 23.3. The smallest absolute Gasteiger partial charge is 0.326 e. The number of amides is 3. The third-order valence-electron chi connectivity index (χ3n) is 4.75. The van der Waals surface area contributed by atoms with Gasteiger partial charge in [0, 0.05) is 0 Å². The average molecular weight is 434 g/mol. The zero-order valence-corrected chi connectivity index (χ0v) is 17.5. The van der Waals surface area contributed by atoms with Crippen LogP contribution in [-0.4, -0.2) is 82.9 Å². The van der Waals surface area contributed by atoms with Crippen molar-refractivity contribution in [2.24, 2.45) is 17.4 Å². The van der Waals surface area contributed by atoms with Gasteiger partial charge in [0.2, 0.25) is 17.7 Å². The van der Waals surface area contributed by atoms with E-state index in [0.29, 0.717) is 25.8 Å². The monoisotopic (exact) mass is 433 g/mol. The lowest BCUT2D eigenvalue weighted by atomic mass is 9.99. The summed E-state index contributed by atoms with van der Waals surface area (Å²) in [5, 5.41) is 34.8. The largest absolute Gasteiger partial charge is 0.480 e. The first kappa shape index (κ1) is 27.7. The lowest BCUT2D eigenvalue weighted by molar-refractivity contribution is -0.142. The van der Waals surface area contributed by atoms with Crippen LogP contribution >= 0.6 is 0 Å². The summed E-state index contributed by atoms with van der Waals surface area (Å²) >= 11 is 0. The molecule has 0 radical (unpaired) electrons. The number of hydrogen-bond acceptors (Lipinski definition) is 8. The third-order valence-corrected chi connectivity index (χ3v) is 4.75. The van der Waals surface area contributed by atoms with Crippen molar-refractivity contribution < 1.29 is 34.5 Å². The first-order valence-corrected chi connectivity index (χ1v) is 9.94. The van der Waals surface area contributed by atoms with Crippen molar-refractivity contribution in [2.75, 3.05) is 19.8 Å². The fourth-order valence-electron chi connectivity index (χ4n) is 2.46. The summed E-state index contributed by atoms with van der Waals surface area (Å²) in [7, 11) is 0. The summed E-state index contributed by atoms with van der Waals surface area (Å²) in [4.78, 5) is 48.0. The molecule has 5 unspecified atom stereocenters. The number of aliphatic hydroxyl groups is 2. The highest BCUT2D eigenvalue weighted by Crippen LogP contribution is 2.06. The minimum absolute atomic E-state index is 0.132. The average Bonchev–Trinajstić information content (AvgIpc) is 2.73. The number of aliphatic hydroxyl groups excluding tert-OH is 2. The Bertz CT molecular complexity index is 575. The fraction of sp³-hybridized carbons (Fsp3) is 0.778. The van der Waals surface area contributed by atoms with Crippen molar-refractivity contribution in [3.8, 4) is 0 Å². The quantitative estimate of drug-likeness (QED) is 0.123. The van der Waals surface area contributed by atoms with Crippen LogP contribution in [0, 0.1) is 5.92 Å². The normalized spacial score (nSPS) is 15.9. The number of rotatable bonds is 15. The molecule has 0 spiro atoms.